The van der Waals surface area contributed by atoms with Crippen molar-refractivity contribution in [2.24, 2.45) is 0 Å². The standard InChI is InChI=1S/C21H29F3NO8P/c1-3-30-34(29,31-4-2)32-14-8-6-12-25-20(28)17-11-10-16(21(22,23)24)15-18(17)33-19(27)9-5-7-13-26/h10-11,13,15H,3-9,12,14H2,1-2H3,(H,25,28). The van der Waals surface area contributed by atoms with Gasteiger partial charge in [-0.05, 0) is 51.3 Å². The number of phosphoric acid groups is 1. The first-order chi connectivity index (χ1) is 16.1. The number of rotatable bonds is 16. The number of esters is 1. The molecule has 0 radical (unpaired) electrons. The summed E-state index contributed by atoms with van der Waals surface area (Å²) >= 11 is 0. The average Bonchev–Trinajstić information content (AvgIpc) is 2.76. The highest BCUT2D eigenvalue weighted by Crippen LogP contribution is 2.49. The lowest BCUT2D eigenvalue weighted by Crippen LogP contribution is -2.26. The summed E-state index contributed by atoms with van der Waals surface area (Å²) in [6.07, 6.45) is -3.24. The van der Waals surface area contributed by atoms with Crippen LogP contribution < -0.4 is 10.1 Å². The van der Waals surface area contributed by atoms with Crippen molar-refractivity contribution < 1.29 is 50.4 Å². The molecule has 1 amide bonds. The van der Waals surface area contributed by atoms with Crippen molar-refractivity contribution in [2.75, 3.05) is 26.4 Å². The van der Waals surface area contributed by atoms with Crippen LogP contribution in [0.4, 0.5) is 13.2 Å². The summed E-state index contributed by atoms with van der Waals surface area (Å²) in [7, 11) is -3.63. The van der Waals surface area contributed by atoms with Gasteiger partial charge in [0.2, 0.25) is 0 Å². The van der Waals surface area contributed by atoms with Gasteiger partial charge in [0.15, 0.2) is 0 Å². The maximum atomic E-state index is 13.1. The molecule has 0 aliphatic rings. The second-order valence-electron chi connectivity index (χ2n) is 6.82. The molecule has 0 aliphatic heterocycles. The fourth-order valence-electron chi connectivity index (χ4n) is 2.60. The molecule has 1 rings (SSSR count). The van der Waals surface area contributed by atoms with E-state index < -0.39 is 37.2 Å². The monoisotopic (exact) mass is 511 g/mol. The summed E-state index contributed by atoms with van der Waals surface area (Å²) in [5, 5.41) is 2.53. The van der Waals surface area contributed by atoms with Gasteiger partial charge in [0, 0.05) is 19.4 Å². The fourth-order valence-corrected chi connectivity index (χ4v) is 3.81. The molecule has 1 aromatic carbocycles. The summed E-state index contributed by atoms with van der Waals surface area (Å²) in [5.74, 6) is -2.12. The molecular formula is C21H29F3NO8P. The summed E-state index contributed by atoms with van der Waals surface area (Å²) in [6, 6.07) is 2.22. The van der Waals surface area contributed by atoms with Gasteiger partial charge in [-0.25, -0.2) is 4.57 Å². The second kappa shape index (κ2) is 14.9. The van der Waals surface area contributed by atoms with Gasteiger partial charge in [0.05, 0.1) is 30.9 Å². The Kier molecular flexibility index (Phi) is 13.0. The van der Waals surface area contributed by atoms with Crippen molar-refractivity contribution in [3.05, 3.63) is 29.3 Å². The van der Waals surface area contributed by atoms with E-state index in [-0.39, 0.29) is 51.2 Å². The molecule has 0 saturated heterocycles. The van der Waals surface area contributed by atoms with Gasteiger partial charge < -0.3 is 14.8 Å². The van der Waals surface area contributed by atoms with E-state index in [4.69, 9.17) is 18.3 Å². The van der Waals surface area contributed by atoms with Crippen molar-refractivity contribution in [2.45, 2.75) is 52.1 Å². The topological polar surface area (TPSA) is 117 Å². The third kappa shape index (κ3) is 10.8. The molecule has 0 aromatic heterocycles. The number of amides is 1. The Morgan fingerprint density at radius 1 is 1.06 bits per heavy atom. The van der Waals surface area contributed by atoms with Crippen molar-refractivity contribution in [3.63, 3.8) is 0 Å². The lowest BCUT2D eigenvalue weighted by Gasteiger charge is -2.16. The lowest BCUT2D eigenvalue weighted by molar-refractivity contribution is -0.139. The zero-order valence-corrected chi connectivity index (χ0v) is 19.9. The maximum Gasteiger partial charge on any atom is 0.474 e. The van der Waals surface area contributed by atoms with Crippen LogP contribution in [0.3, 0.4) is 0 Å². The van der Waals surface area contributed by atoms with Gasteiger partial charge in [-0.3, -0.25) is 23.2 Å². The number of carbonyl (C=O) groups is 3. The number of ether oxygens (including phenoxy) is 1. The average molecular weight is 511 g/mol. The van der Waals surface area contributed by atoms with E-state index in [1.165, 1.54) is 0 Å². The Balaban J connectivity index is 2.70. The SMILES string of the molecule is CCOP(=O)(OCC)OCCCCNC(=O)c1ccc(C(F)(F)F)cc1OC(=O)CCCC=O. The minimum absolute atomic E-state index is 0.0388. The maximum absolute atomic E-state index is 13.1. The second-order valence-corrected chi connectivity index (χ2v) is 8.49. The van der Waals surface area contributed by atoms with E-state index in [0.717, 1.165) is 6.07 Å². The number of alkyl halides is 3. The number of hydrogen-bond acceptors (Lipinski definition) is 8. The number of nitrogens with one attached hydrogen (secondary N) is 1. The molecule has 34 heavy (non-hydrogen) atoms. The van der Waals surface area contributed by atoms with Crippen LogP contribution in [-0.2, 0) is 33.9 Å². The number of halogens is 3. The van der Waals surface area contributed by atoms with Crippen molar-refractivity contribution in [3.8, 4) is 5.75 Å². The Morgan fingerprint density at radius 3 is 2.32 bits per heavy atom. The van der Waals surface area contributed by atoms with Crippen LogP contribution in [0.15, 0.2) is 18.2 Å². The number of benzene rings is 1. The fraction of sp³-hybridized carbons (Fsp3) is 0.571. The predicted molar refractivity (Wildman–Crippen MR) is 115 cm³/mol. The number of unbranched alkanes of at least 4 members (excludes halogenated alkanes) is 2. The van der Waals surface area contributed by atoms with Crippen LogP contribution in [0, 0.1) is 0 Å². The smallest absolute Gasteiger partial charge is 0.426 e. The van der Waals surface area contributed by atoms with Gasteiger partial charge in [0.25, 0.3) is 5.91 Å². The molecule has 1 aromatic rings. The third-order valence-corrected chi connectivity index (χ3v) is 5.81. The molecule has 0 bridgehead atoms. The molecule has 9 nitrogen and oxygen atoms in total. The van der Waals surface area contributed by atoms with Crippen LogP contribution in [0.25, 0.3) is 0 Å². The first kappa shape index (κ1) is 29.8. The van der Waals surface area contributed by atoms with E-state index in [2.05, 4.69) is 5.32 Å². The van der Waals surface area contributed by atoms with Crippen LogP contribution in [0.2, 0.25) is 0 Å². The van der Waals surface area contributed by atoms with E-state index in [9.17, 15) is 32.1 Å². The highest BCUT2D eigenvalue weighted by molar-refractivity contribution is 7.48. The van der Waals surface area contributed by atoms with E-state index in [0.29, 0.717) is 31.3 Å². The van der Waals surface area contributed by atoms with E-state index in [1.54, 1.807) is 13.8 Å². The normalized spacial score (nSPS) is 11.8. The molecule has 0 spiro atoms. The molecule has 0 atom stereocenters. The molecule has 0 saturated carbocycles. The van der Waals surface area contributed by atoms with Crippen LogP contribution in [-0.4, -0.2) is 44.5 Å². The number of phosphoric ester groups is 1. The summed E-state index contributed by atoms with van der Waals surface area (Å²) in [6.45, 7) is 3.74. The summed E-state index contributed by atoms with van der Waals surface area (Å²) in [5.41, 5.74) is -1.32. The van der Waals surface area contributed by atoms with Gasteiger partial charge in [-0.1, -0.05) is 0 Å². The molecule has 0 unspecified atom stereocenters. The Labute approximate surface area is 195 Å². The molecule has 0 aliphatic carbocycles. The first-order valence-electron chi connectivity index (χ1n) is 10.7. The lowest BCUT2D eigenvalue weighted by atomic mass is 10.1. The highest BCUT2D eigenvalue weighted by atomic mass is 31.2. The zero-order valence-electron chi connectivity index (χ0n) is 19.0. The van der Waals surface area contributed by atoms with Crippen LogP contribution >= 0.6 is 7.82 Å². The van der Waals surface area contributed by atoms with Gasteiger partial charge in [-0.15, -0.1) is 0 Å². The molecule has 0 heterocycles. The van der Waals surface area contributed by atoms with Crippen LogP contribution in [0.5, 0.6) is 5.75 Å². The zero-order chi connectivity index (χ0) is 25.6. The molecular weight excluding hydrogens is 482 g/mol. The van der Waals surface area contributed by atoms with Crippen molar-refractivity contribution in [1.29, 1.82) is 0 Å². The Hall–Kier alpha value is -2.27. The minimum Gasteiger partial charge on any atom is -0.426 e. The largest absolute Gasteiger partial charge is 0.474 e. The van der Waals surface area contributed by atoms with Gasteiger partial charge >= 0.3 is 20.0 Å². The number of hydrogen-bond donors (Lipinski definition) is 1. The number of aldehydes is 1. The first-order valence-corrected chi connectivity index (χ1v) is 12.2. The van der Waals surface area contributed by atoms with E-state index >= 15 is 0 Å². The molecule has 0 fully saturated rings. The van der Waals surface area contributed by atoms with Gasteiger partial charge in [-0.2, -0.15) is 13.2 Å². The van der Waals surface area contributed by atoms with Crippen molar-refractivity contribution >= 4 is 26.0 Å². The number of carbonyl (C=O) groups excluding carboxylic acids is 3. The predicted octanol–water partition coefficient (Wildman–Crippen LogP) is 4.69. The minimum atomic E-state index is -4.70. The van der Waals surface area contributed by atoms with Crippen molar-refractivity contribution in [1.82, 2.24) is 5.32 Å². The summed E-state index contributed by atoms with van der Waals surface area (Å²) in [4.78, 5) is 34.8. The highest BCUT2D eigenvalue weighted by Gasteiger charge is 2.32. The Bertz CT molecular complexity index is 853. The molecule has 1 N–H and O–H groups in total. The Morgan fingerprint density at radius 2 is 1.74 bits per heavy atom. The van der Waals surface area contributed by atoms with Gasteiger partial charge in [0.1, 0.15) is 12.0 Å². The molecule has 192 valence electrons. The quantitative estimate of drug-likeness (QED) is 0.112. The summed E-state index contributed by atoms with van der Waals surface area (Å²) < 4.78 is 71.5. The molecule has 13 heteroatoms. The third-order valence-electron chi connectivity index (χ3n) is 4.16. The van der Waals surface area contributed by atoms with E-state index in [1.807, 2.05) is 0 Å². The van der Waals surface area contributed by atoms with Crippen LogP contribution in [0.1, 0.15) is 61.9 Å².